The van der Waals surface area contributed by atoms with Gasteiger partial charge in [0.25, 0.3) is 0 Å². The minimum Gasteiger partial charge on any atom is -0.248 e. The summed E-state index contributed by atoms with van der Waals surface area (Å²) in [6.45, 7) is 4.53. The predicted octanol–water partition coefficient (Wildman–Crippen LogP) is 13.7. The zero-order chi connectivity index (χ0) is 34.1. The zero-order valence-corrected chi connectivity index (χ0v) is 29.7. The molecule has 0 fully saturated rings. The topological polar surface area (TPSA) is 25.8 Å². The van der Waals surface area contributed by atoms with E-state index in [2.05, 4.69) is 147 Å². The number of aromatic nitrogens is 2. The Morgan fingerprint density at radius 3 is 1.16 bits per heavy atom. The molecule has 7 rings (SSSR count). The summed E-state index contributed by atoms with van der Waals surface area (Å²) < 4.78 is 0. The molecule has 0 saturated heterocycles. The highest BCUT2D eigenvalue weighted by atomic mass is 14.7. The summed E-state index contributed by atoms with van der Waals surface area (Å²) in [5.74, 6) is 0. The second kappa shape index (κ2) is 16.1. The van der Waals surface area contributed by atoms with E-state index in [0.717, 1.165) is 57.2 Å². The minimum absolute atomic E-state index is 0.983. The number of fused-ring (bicyclic) bond motifs is 2. The van der Waals surface area contributed by atoms with Crippen molar-refractivity contribution in [1.82, 2.24) is 9.97 Å². The van der Waals surface area contributed by atoms with Gasteiger partial charge in [-0.1, -0.05) is 162 Å². The van der Waals surface area contributed by atoms with Crippen LogP contribution in [0.4, 0.5) is 0 Å². The van der Waals surface area contributed by atoms with Gasteiger partial charge in [-0.2, -0.15) is 0 Å². The molecular weight excluding hydrogens is 605 g/mol. The number of hydrogen-bond donors (Lipinski definition) is 0. The van der Waals surface area contributed by atoms with E-state index in [1.165, 1.54) is 84.7 Å². The first kappa shape index (κ1) is 33.4. The fraction of sp³-hybridized carbons (Fsp3) is 0.250. The number of aryl methyl sites for hydroxylation is 2. The average molecular weight is 653 g/mol. The van der Waals surface area contributed by atoms with E-state index in [9.17, 15) is 0 Å². The maximum absolute atomic E-state index is 5.33. The summed E-state index contributed by atoms with van der Waals surface area (Å²) in [5, 5.41) is 2.23. The lowest BCUT2D eigenvalue weighted by molar-refractivity contribution is 0.667. The lowest BCUT2D eigenvalue weighted by Gasteiger charge is -2.15. The Kier molecular flexibility index (Phi) is 10.8. The predicted molar refractivity (Wildman–Crippen MR) is 214 cm³/mol. The molecule has 0 aliphatic carbocycles. The SMILES string of the molecule is CCCCCCc1ccc(-c2cc(-c3ccccc3)c3cc4nc(-c5ccc(CCCCCC)cc5)cc(-c5ccccc5)c4cc3n2)cc1. The van der Waals surface area contributed by atoms with E-state index in [4.69, 9.17) is 9.97 Å². The molecule has 0 amide bonds. The molecule has 0 saturated carbocycles. The molecule has 0 spiro atoms. The van der Waals surface area contributed by atoms with Gasteiger partial charge in [-0.25, -0.2) is 9.97 Å². The molecule has 0 aliphatic heterocycles. The molecule has 250 valence electrons. The van der Waals surface area contributed by atoms with Gasteiger partial charge >= 0.3 is 0 Å². The molecule has 5 aromatic carbocycles. The Morgan fingerprint density at radius 2 is 0.780 bits per heavy atom. The summed E-state index contributed by atoms with van der Waals surface area (Å²) >= 11 is 0. The summed E-state index contributed by atoms with van der Waals surface area (Å²) in [5.41, 5.74) is 13.8. The van der Waals surface area contributed by atoms with Crippen molar-refractivity contribution >= 4 is 21.8 Å². The highest BCUT2D eigenvalue weighted by Gasteiger charge is 2.16. The highest BCUT2D eigenvalue weighted by Crippen LogP contribution is 2.38. The van der Waals surface area contributed by atoms with E-state index >= 15 is 0 Å². The average Bonchev–Trinajstić information content (AvgIpc) is 3.18. The Balaban J connectivity index is 1.34. The molecule has 50 heavy (non-hydrogen) atoms. The molecule has 2 aromatic heterocycles. The van der Waals surface area contributed by atoms with Gasteiger partial charge in [0.15, 0.2) is 0 Å². The molecule has 2 heteroatoms. The van der Waals surface area contributed by atoms with Gasteiger partial charge in [-0.3, -0.25) is 0 Å². The van der Waals surface area contributed by atoms with Crippen LogP contribution in [-0.4, -0.2) is 9.97 Å². The maximum atomic E-state index is 5.33. The van der Waals surface area contributed by atoms with Crippen LogP contribution in [0.5, 0.6) is 0 Å². The quantitative estimate of drug-likeness (QED) is 0.0863. The standard InChI is InChI=1S/C48H48N2/c1-3-5-7-11-17-35-23-27-39(28-24-35)45-31-41(37-19-13-9-14-20-37)43-34-48-44(33-47(43)49-45)42(38-21-15-10-16-22-38)32-46(50-48)40-29-25-36(26-30-40)18-12-8-6-4-2/h9-10,13-16,19-34H,3-8,11-12,17-18H2,1-2H3. The van der Waals surface area contributed by atoms with Crippen molar-refractivity contribution in [3.8, 4) is 44.8 Å². The molecule has 2 heterocycles. The number of benzene rings is 5. The van der Waals surface area contributed by atoms with Crippen LogP contribution in [0.15, 0.2) is 133 Å². The third kappa shape index (κ3) is 7.71. The van der Waals surface area contributed by atoms with Gasteiger partial charge in [-0.05, 0) is 83.3 Å². The van der Waals surface area contributed by atoms with Crippen LogP contribution in [0.3, 0.4) is 0 Å². The third-order valence-corrected chi connectivity index (χ3v) is 10.0. The van der Waals surface area contributed by atoms with Gasteiger partial charge in [0.2, 0.25) is 0 Å². The Bertz CT molecular complexity index is 1990. The fourth-order valence-corrected chi connectivity index (χ4v) is 7.15. The van der Waals surface area contributed by atoms with Crippen LogP contribution >= 0.6 is 0 Å². The molecule has 0 radical (unpaired) electrons. The lowest BCUT2D eigenvalue weighted by atomic mass is 9.93. The van der Waals surface area contributed by atoms with Crippen molar-refractivity contribution < 1.29 is 0 Å². The summed E-state index contributed by atoms with van der Waals surface area (Å²) in [7, 11) is 0. The van der Waals surface area contributed by atoms with Gasteiger partial charge in [0.05, 0.1) is 22.4 Å². The maximum Gasteiger partial charge on any atom is 0.0723 e. The van der Waals surface area contributed by atoms with Gasteiger partial charge < -0.3 is 0 Å². The first-order valence-electron chi connectivity index (χ1n) is 18.8. The summed E-state index contributed by atoms with van der Waals surface area (Å²) in [6.07, 6.45) is 12.5. The molecule has 7 aromatic rings. The first-order chi connectivity index (χ1) is 24.7. The molecule has 2 nitrogen and oxygen atoms in total. The molecule has 0 N–H and O–H groups in total. The highest BCUT2D eigenvalue weighted by molar-refractivity contribution is 6.08. The normalized spacial score (nSPS) is 11.4. The van der Waals surface area contributed by atoms with E-state index in [0.29, 0.717) is 0 Å². The van der Waals surface area contributed by atoms with Gasteiger partial charge in [-0.15, -0.1) is 0 Å². The number of rotatable bonds is 14. The fourth-order valence-electron chi connectivity index (χ4n) is 7.15. The Labute approximate surface area is 298 Å². The van der Waals surface area contributed by atoms with Crippen LogP contribution in [0, 0.1) is 0 Å². The molecular formula is C48H48N2. The van der Waals surface area contributed by atoms with Crippen molar-refractivity contribution in [1.29, 1.82) is 0 Å². The van der Waals surface area contributed by atoms with Crippen LogP contribution in [0.25, 0.3) is 66.6 Å². The van der Waals surface area contributed by atoms with Crippen LogP contribution in [0.2, 0.25) is 0 Å². The molecule has 0 unspecified atom stereocenters. The second-order valence-electron chi connectivity index (χ2n) is 13.7. The van der Waals surface area contributed by atoms with Crippen molar-refractivity contribution in [2.75, 3.05) is 0 Å². The monoisotopic (exact) mass is 652 g/mol. The summed E-state index contributed by atoms with van der Waals surface area (Å²) in [6, 6.07) is 48.6. The largest absolute Gasteiger partial charge is 0.248 e. The van der Waals surface area contributed by atoms with E-state index < -0.39 is 0 Å². The second-order valence-corrected chi connectivity index (χ2v) is 13.7. The van der Waals surface area contributed by atoms with Gasteiger partial charge in [0, 0.05) is 21.9 Å². The van der Waals surface area contributed by atoms with Crippen LogP contribution in [0.1, 0.15) is 76.3 Å². The number of pyridine rings is 2. The van der Waals surface area contributed by atoms with Crippen molar-refractivity contribution in [2.45, 2.75) is 78.1 Å². The number of hydrogen-bond acceptors (Lipinski definition) is 2. The first-order valence-corrected chi connectivity index (χ1v) is 18.8. The van der Waals surface area contributed by atoms with Crippen molar-refractivity contribution in [2.24, 2.45) is 0 Å². The van der Waals surface area contributed by atoms with E-state index in [1.807, 2.05) is 0 Å². The minimum atomic E-state index is 0.983. The zero-order valence-electron chi connectivity index (χ0n) is 29.7. The van der Waals surface area contributed by atoms with E-state index in [-0.39, 0.29) is 0 Å². The smallest absolute Gasteiger partial charge is 0.0723 e. The number of unbranched alkanes of at least 4 members (excludes halogenated alkanes) is 6. The number of nitrogens with zero attached hydrogens (tertiary/aromatic N) is 2. The third-order valence-electron chi connectivity index (χ3n) is 10.0. The van der Waals surface area contributed by atoms with E-state index in [1.54, 1.807) is 0 Å². The van der Waals surface area contributed by atoms with Gasteiger partial charge in [0.1, 0.15) is 0 Å². The Morgan fingerprint density at radius 1 is 0.380 bits per heavy atom. The van der Waals surface area contributed by atoms with Crippen LogP contribution in [-0.2, 0) is 12.8 Å². The molecule has 0 bridgehead atoms. The summed E-state index contributed by atoms with van der Waals surface area (Å²) in [4.78, 5) is 10.7. The molecule has 0 aliphatic rings. The molecule has 0 atom stereocenters. The van der Waals surface area contributed by atoms with Crippen LogP contribution < -0.4 is 0 Å². The Hall–Kier alpha value is -5.08. The van der Waals surface area contributed by atoms with Crippen molar-refractivity contribution in [3.63, 3.8) is 0 Å². The lowest BCUT2D eigenvalue weighted by Crippen LogP contribution is -1.95. The van der Waals surface area contributed by atoms with Crippen molar-refractivity contribution in [3.05, 3.63) is 145 Å².